The first-order valence-corrected chi connectivity index (χ1v) is 4.79. The van der Waals surface area contributed by atoms with E-state index in [0.717, 1.165) is 6.42 Å². The molecule has 0 aliphatic rings. The van der Waals surface area contributed by atoms with E-state index in [9.17, 15) is 0 Å². The van der Waals surface area contributed by atoms with Gasteiger partial charge in [-0.05, 0) is 6.42 Å². The Bertz CT molecular complexity index is 271. The molecule has 0 fully saturated rings. The van der Waals surface area contributed by atoms with E-state index in [-0.39, 0.29) is 12.0 Å². The highest BCUT2D eigenvalue weighted by Gasteiger charge is 2.18. The van der Waals surface area contributed by atoms with Gasteiger partial charge in [-0.25, -0.2) is 0 Å². The van der Waals surface area contributed by atoms with Crippen molar-refractivity contribution in [3.63, 3.8) is 0 Å². The number of ether oxygens (including phenoxy) is 1. The van der Waals surface area contributed by atoms with Gasteiger partial charge >= 0.3 is 0 Å². The molecule has 14 heavy (non-hydrogen) atoms. The molecular formula is C9H17N3O2. The molecule has 1 aromatic heterocycles. The van der Waals surface area contributed by atoms with Crippen LogP contribution < -0.4 is 5.73 Å². The van der Waals surface area contributed by atoms with Crippen molar-refractivity contribution in [2.45, 2.75) is 32.3 Å². The Balaban J connectivity index is 2.76. The van der Waals surface area contributed by atoms with Crippen molar-refractivity contribution in [2.24, 2.45) is 5.73 Å². The summed E-state index contributed by atoms with van der Waals surface area (Å²) in [5, 5.41) is 3.86. The van der Waals surface area contributed by atoms with E-state index in [2.05, 4.69) is 10.1 Å². The normalized spacial score (nSPS) is 15.4. The van der Waals surface area contributed by atoms with Gasteiger partial charge < -0.3 is 15.0 Å². The van der Waals surface area contributed by atoms with Crippen molar-refractivity contribution >= 4 is 0 Å². The molecule has 1 heterocycles. The predicted molar refractivity (Wildman–Crippen MR) is 51.8 cm³/mol. The molecular weight excluding hydrogens is 182 g/mol. The minimum absolute atomic E-state index is 0.0857. The van der Waals surface area contributed by atoms with Crippen LogP contribution in [0.25, 0.3) is 0 Å². The topological polar surface area (TPSA) is 74.2 Å². The molecule has 1 rings (SSSR count). The van der Waals surface area contributed by atoms with Gasteiger partial charge in [-0.2, -0.15) is 4.98 Å². The highest BCUT2D eigenvalue weighted by Crippen LogP contribution is 2.19. The van der Waals surface area contributed by atoms with Crippen LogP contribution in [-0.2, 0) is 4.74 Å². The van der Waals surface area contributed by atoms with Crippen molar-refractivity contribution in [2.75, 3.05) is 13.7 Å². The third-order valence-electron chi connectivity index (χ3n) is 2.18. The molecule has 0 bridgehead atoms. The molecule has 0 amide bonds. The number of rotatable bonds is 5. The molecule has 0 saturated heterocycles. The first-order valence-electron chi connectivity index (χ1n) is 4.79. The minimum Gasteiger partial charge on any atom is -0.373 e. The standard InChI is InChI=1S/C9H17N3O2/c1-4-7(13-3)8-11-9(14-12-8)6(2)5-10/h6-7H,4-5,10H2,1-3H3. The molecule has 2 N–H and O–H groups in total. The Kier molecular flexibility index (Phi) is 4.03. The smallest absolute Gasteiger partial charge is 0.230 e. The predicted octanol–water partition coefficient (Wildman–Crippen LogP) is 1.23. The van der Waals surface area contributed by atoms with Gasteiger partial charge in [-0.3, -0.25) is 0 Å². The van der Waals surface area contributed by atoms with E-state index in [0.29, 0.717) is 18.3 Å². The van der Waals surface area contributed by atoms with Crippen LogP contribution in [0.5, 0.6) is 0 Å². The van der Waals surface area contributed by atoms with Gasteiger partial charge in [0.15, 0.2) is 0 Å². The zero-order chi connectivity index (χ0) is 10.6. The molecule has 0 aliphatic heterocycles. The van der Waals surface area contributed by atoms with Gasteiger partial charge in [0.25, 0.3) is 0 Å². The Hall–Kier alpha value is -0.940. The Morgan fingerprint density at radius 1 is 1.57 bits per heavy atom. The molecule has 5 heteroatoms. The first kappa shape index (κ1) is 11.1. The van der Waals surface area contributed by atoms with E-state index in [4.69, 9.17) is 15.0 Å². The maximum atomic E-state index is 5.50. The average Bonchev–Trinajstić information content (AvgIpc) is 2.68. The average molecular weight is 199 g/mol. The summed E-state index contributed by atoms with van der Waals surface area (Å²) in [6, 6.07) is 0. The third-order valence-corrected chi connectivity index (χ3v) is 2.18. The van der Waals surface area contributed by atoms with Crippen molar-refractivity contribution in [1.82, 2.24) is 10.1 Å². The quantitative estimate of drug-likeness (QED) is 0.772. The minimum atomic E-state index is -0.0857. The maximum Gasteiger partial charge on any atom is 0.230 e. The second-order valence-corrected chi connectivity index (χ2v) is 3.26. The lowest BCUT2D eigenvalue weighted by Gasteiger charge is -2.06. The molecule has 80 valence electrons. The molecule has 0 saturated carbocycles. The molecule has 5 nitrogen and oxygen atoms in total. The van der Waals surface area contributed by atoms with Crippen LogP contribution in [0.15, 0.2) is 4.52 Å². The molecule has 0 radical (unpaired) electrons. The molecule has 0 aliphatic carbocycles. The summed E-state index contributed by atoms with van der Waals surface area (Å²) in [5.74, 6) is 1.29. The summed E-state index contributed by atoms with van der Waals surface area (Å²) < 4.78 is 10.3. The monoisotopic (exact) mass is 199 g/mol. The SMILES string of the molecule is CCC(OC)c1noc(C(C)CN)n1. The summed E-state index contributed by atoms with van der Waals surface area (Å²) in [4.78, 5) is 4.24. The Labute approximate surface area is 83.6 Å². The fourth-order valence-corrected chi connectivity index (χ4v) is 1.13. The lowest BCUT2D eigenvalue weighted by molar-refractivity contribution is 0.0903. The number of hydrogen-bond donors (Lipinski definition) is 1. The molecule has 2 atom stereocenters. The van der Waals surface area contributed by atoms with Gasteiger partial charge in [0.1, 0.15) is 6.10 Å². The first-order chi connectivity index (χ1) is 6.72. The Morgan fingerprint density at radius 3 is 2.79 bits per heavy atom. The number of hydrogen-bond acceptors (Lipinski definition) is 5. The van der Waals surface area contributed by atoms with Gasteiger partial charge in [0.05, 0.1) is 0 Å². The van der Waals surface area contributed by atoms with Crippen molar-refractivity contribution in [3.05, 3.63) is 11.7 Å². The molecule has 0 spiro atoms. The highest BCUT2D eigenvalue weighted by molar-refractivity contribution is 4.95. The molecule has 2 unspecified atom stereocenters. The second-order valence-electron chi connectivity index (χ2n) is 3.26. The zero-order valence-corrected chi connectivity index (χ0v) is 8.86. The number of nitrogens with zero attached hydrogens (tertiary/aromatic N) is 2. The highest BCUT2D eigenvalue weighted by atomic mass is 16.5. The fraction of sp³-hybridized carbons (Fsp3) is 0.778. The van der Waals surface area contributed by atoms with Crippen LogP contribution in [0.1, 0.15) is 44.0 Å². The van der Waals surface area contributed by atoms with E-state index in [1.165, 1.54) is 0 Å². The lowest BCUT2D eigenvalue weighted by atomic mass is 10.2. The van der Waals surface area contributed by atoms with E-state index < -0.39 is 0 Å². The summed E-state index contributed by atoms with van der Waals surface area (Å²) in [6.07, 6.45) is 0.740. The second kappa shape index (κ2) is 5.07. The largest absolute Gasteiger partial charge is 0.373 e. The third kappa shape index (κ3) is 2.30. The number of nitrogens with two attached hydrogens (primary N) is 1. The van der Waals surface area contributed by atoms with Gasteiger partial charge in [-0.15, -0.1) is 0 Å². The van der Waals surface area contributed by atoms with Crippen LogP contribution in [-0.4, -0.2) is 23.8 Å². The van der Waals surface area contributed by atoms with Gasteiger partial charge in [0, 0.05) is 19.6 Å². The number of aromatic nitrogens is 2. The summed E-state index contributed by atoms with van der Waals surface area (Å²) in [5.41, 5.74) is 5.50. The van der Waals surface area contributed by atoms with Crippen LogP contribution in [0, 0.1) is 0 Å². The van der Waals surface area contributed by atoms with Crippen molar-refractivity contribution in [3.8, 4) is 0 Å². The van der Waals surface area contributed by atoms with Crippen LogP contribution in [0.4, 0.5) is 0 Å². The van der Waals surface area contributed by atoms with Gasteiger partial charge in [0.2, 0.25) is 11.7 Å². The fourth-order valence-electron chi connectivity index (χ4n) is 1.13. The van der Waals surface area contributed by atoms with Crippen LogP contribution in [0.2, 0.25) is 0 Å². The zero-order valence-electron chi connectivity index (χ0n) is 8.86. The van der Waals surface area contributed by atoms with Crippen LogP contribution >= 0.6 is 0 Å². The van der Waals surface area contributed by atoms with Crippen LogP contribution in [0.3, 0.4) is 0 Å². The summed E-state index contributed by atoms with van der Waals surface area (Å²) >= 11 is 0. The number of methoxy groups -OCH3 is 1. The Morgan fingerprint density at radius 2 is 2.29 bits per heavy atom. The van der Waals surface area contributed by atoms with Crippen molar-refractivity contribution < 1.29 is 9.26 Å². The molecule has 1 aromatic rings. The van der Waals surface area contributed by atoms with E-state index in [1.807, 2.05) is 13.8 Å². The van der Waals surface area contributed by atoms with Gasteiger partial charge in [-0.1, -0.05) is 19.0 Å². The summed E-state index contributed by atoms with van der Waals surface area (Å²) in [6.45, 7) is 4.47. The lowest BCUT2D eigenvalue weighted by Crippen LogP contribution is -2.09. The van der Waals surface area contributed by atoms with Crippen molar-refractivity contribution in [1.29, 1.82) is 0 Å². The van der Waals surface area contributed by atoms with E-state index in [1.54, 1.807) is 7.11 Å². The summed E-state index contributed by atoms with van der Waals surface area (Å²) in [7, 11) is 1.64. The molecule has 0 aromatic carbocycles. The maximum absolute atomic E-state index is 5.50. The van der Waals surface area contributed by atoms with E-state index >= 15 is 0 Å².